The number of nitrogens with one attached hydrogen (secondary N) is 2. The number of anilines is 2. The Bertz CT molecular complexity index is 724. The fraction of sp³-hybridized carbons (Fsp3) is 0.188. The number of hydrogen-bond donors (Lipinski definition) is 2. The summed E-state index contributed by atoms with van der Waals surface area (Å²) in [6, 6.07) is 9.35. The molecule has 0 aromatic heterocycles. The zero-order valence-corrected chi connectivity index (χ0v) is 14.0. The minimum absolute atomic E-state index is 0.199. The van der Waals surface area contributed by atoms with Gasteiger partial charge in [-0.1, -0.05) is 17.7 Å². The van der Waals surface area contributed by atoms with Crippen molar-refractivity contribution in [1.29, 1.82) is 0 Å². The summed E-state index contributed by atoms with van der Waals surface area (Å²) in [5, 5.41) is 5.53. The summed E-state index contributed by atoms with van der Waals surface area (Å²) in [6.07, 6.45) is -4.52. The Morgan fingerprint density at radius 1 is 0.957 bits per heavy atom. The monoisotopic (exact) mass is 358 g/mol. The van der Waals surface area contributed by atoms with Crippen LogP contribution in [0.1, 0.15) is 16.7 Å². The van der Waals surface area contributed by atoms with Crippen LogP contribution in [-0.4, -0.2) is 5.11 Å². The Hall–Kier alpha value is -1.79. The summed E-state index contributed by atoms with van der Waals surface area (Å²) in [6.45, 7) is 3.90. The smallest absolute Gasteiger partial charge is 0.332 e. The summed E-state index contributed by atoms with van der Waals surface area (Å²) in [4.78, 5) is 0. The molecule has 0 saturated heterocycles. The molecule has 7 heteroatoms. The van der Waals surface area contributed by atoms with E-state index in [1.807, 2.05) is 32.0 Å². The topological polar surface area (TPSA) is 24.1 Å². The quantitative estimate of drug-likeness (QED) is 0.665. The number of hydrogen-bond acceptors (Lipinski definition) is 1. The Kier molecular flexibility index (Phi) is 5.16. The van der Waals surface area contributed by atoms with Crippen molar-refractivity contribution in [2.75, 3.05) is 10.6 Å². The third-order valence-corrected chi connectivity index (χ3v) is 3.54. The maximum Gasteiger partial charge on any atom is 0.417 e. The average Bonchev–Trinajstić information content (AvgIpc) is 2.38. The predicted molar refractivity (Wildman–Crippen MR) is 92.2 cm³/mol. The molecule has 0 radical (unpaired) electrons. The van der Waals surface area contributed by atoms with Crippen LogP contribution in [0.15, 0.2) is 36.4 Å². The van der Waals surface area contributed by atoms with Gasteiger partial charge in [-0.15, -0.1) is 0 Å². The Labute approximate surface area is 142 Å². The van der Waals surface area contributed by atoms with Crippen molar-refractivity contribution in [2.45, 2.75) is 20.0 Å². The lowest BCUT2D eigenvalue weighted by Crippen LogP contribution is -2.19. The van der Waals surface area contributed by atoms with Crippen LogP contribution in [0.4, 0.5) is 24.5 Å². The van der Waals surface area contributed by atoms with Crippen LogP contribution in [0.25, 0.3) is 0 Å². The maximum atomic E-state index is 12.8. The van der Waals surface area contributed by atoms with Crippen molar-refractivity contribution in [2.24, 2.45) is 0 Å². The lowest BCUT2D eigenvalue weighted by atomic mass is 10.1. The number of rotatable bonds is 2. The van der Waals surface area contributed by atoms with Crippen LogP contribution in [-0.2, 0) is 6.18 Å². The van der Waals surface area contributed by atoms with Gasteiger partial charge in [0.1, 0.15) is 0 Å². The van der Waals surface area contributed by atoms with Gasteiger partial charge >= 0.3 is 6.18 Å². The first-order valence-electron chi connectivity index (χ1n) is 6.68. The molecule has 0 aliphatic heterocycles. The molecule has 0 bridgehead atoms. The SMILES string of the molecule is Cc1cc(C)cc(NC(=S)Nc2ccc(Cl)c(C(F)(F)F)c2)c1. The molecule has 0 fully saturated rings. The molecule has 122 valence electrons. The second-order valence-corrected chi connectivity index (χ2v) is 5.96. The van der Waals surface area contributed by atoms with Crippen LogP contribution in [0, 0.1) is 13.8 Å². The molecule has 0 heterocycles. The highest BCUT2D eigenvalue weighted by Gasteiger charge is 2.33. The van der Waals surface area contributed by atoms with Gasteiger partial charge in [-0.25, -0.2) is 0 Å². The van der Waals surface area contributed by atoms with Crippen molar-refractivity contribution < 1.29 is 13.2 Å². The van der Waals surface area contributed by atoms with E-state index in [0.29, 0.717) is 0 Å². The largest absolute Gasteiger partial charge is 0.417 e. The maximum absolute atomic E-state index is 12.8. The highest BCUT2D eigenvalue weighted by Crippen LogP contribution is 2.36. The second-order valence-electron chi connectivity index (χ2n) is 5.15. The van der Waals surface area contributed by atoms with Crippen molar-refractivity contribution in [3.63, 3.8) is 0 Å². The van der Waals surface area contributed by atoms with Crippen LogP contribution in [0.5, 0.6) is 0 Å². The summed E-state index contributed by atoms with van der Waals surface area (Å²) < 4.78 is 38.5. The van der Waals surface area contributed by atoms with E-state index in [2.05, 4.69) is 10.6 Å². The third-order valence-electron chi connectivity index (χ3n) is 3.01. The molecule has 0 atom stereocenters. The molecular weight excluding hydrogens is 345 g/mol. The van der Waals surface area contributed by atoms with Crippen molar-refractivity contribution in [1.82, 2.24) is 0 Å². The molecule has 23 heavy (non-hydrogen) atoms. The van der Waals surface area contributed by atoms with E-state index < -0.39 is 11.7 Å². The summed E-state index contributed by atoms with van der Waals surface area (Å²) in [7, 11) is 0. The van der Waals surface area contributed by atoms with Gasteiger partial charge in [0.2, 0.25) is 0 Å². The molecular formula is C16H14ClF3N2S. The van der Waals surface area contributed by atoms with Gasteiger partial charge in [0.05, 0.1) is 10.6 Å². The van der Waals surface area contributed by atoms with E-state index in [4.69, 9.17) is 23.8 Å². The van der Waals surface area contributed by atoms with Gasteiger partial charge in [0, 0.05) is 11.4 Å². The molecule has 0 spiro atoms. The van der Waals surface area contributed by atoms with Gasteiger partial charge in [0.25, 0.3) is 0 Å². The van der Waals surface area contributed by atoms with Gasteiger partial charge < -0.3 is 10.6 Å². The number of alkyl halides is 3. The second kappa shape index (κ2) is 6.76. The van der Waals surface area contributed by atoms with Gasteiger partial charge in [0.15, 0.2) is 5.11 Å². The van der Waals surface area contributed by atoms with Crippen LogP contribution >= 0.6 is 23.8 Å². The van der Waals surface area contributed by atoms with Crippen molar-refractivity contribution in [3.8, 4) is 0 Å². The van der Waals surface area contributed by atoms with E-state index in [1.165, 1.54) is 12.1 Å². The zero-order chi connectivity index (χ0) is 17.2. The molecule has 2 N–H and O–H groups in total. The third kappa shape index (κ3) is 4.84. The van der Waals surface area contributed by atoms with E-state index in [1.54, 1.807) is 0 Å². The summed E-state index contributed by atoms with van der Waals surface area (Å²) in [5.74, 6) is 0. The molecule has 2 aromatic carbocycles. The number of halogens is 4. The Balaban J connectivity index is 2.14. The minimum atomic E-state index is -4.52. The number of benzene rings is 2. The first kappa shape index (κ1) is 17.6. The molecule has 2 nitrogen and oxygen atoms in total. The zero-order valence-electron chi connectivity index (χ0n) is 12.4. The molecule has 0 unspecified atom stereocenters. The van der Waals surface area contributed by atoms with Crippen LogP contribution < -0.4 is 10.6 Å². The first-order chi connectivity index (χ1) is 10.6. The van der Waals surface area contributed by atoms with Crippen LogP contribution in [0.3, 0.4) is 0 Å². The molecule has 0 saturated carbocycles. The molecule has 2 rings (SSSR count). The van der Waals surface area contributed by atoms with E-state index in [0.717, 1.165) is 22.9 Å². The van der Waals surface area contributed by atoms with Gasteiger partial charge in [-0.3, -0.25) is 0 Å². The molecule has 0 aliphatic carbocycles. The molecule has 0 aliphatic rings. The summed E-state index contributed by atoms with van der Waals surface area (Å²) >= 11 is 10.7. The number of aryl methyl sites for hydroxylation is 2. The highest BCUT2D eigenvalue weighted by molar-refractivity contribution is 7.80. The predicted octanol–water partition coefficient (Wildman–Crippen LogP) is 5.78. The molecule has 2 aromatic rings. The van der Waals surface area contributed by atoms with Crippen molar-refractivity contribution >= 4 is 40.3 Å². The normalized spacial score (nSPS) is 11.2. The first-order valence-corrected chi connectivity index (χ1v) is 7.47. The fourth-order valence-electron chi connectivity index (χ4n) is 2.16. The fourth-order valence-corrected chi connectivity index (χ4v) is 2.62. The van der Waals surface area contributed by atoms with E-state index >= 15 is 0 Å². The van der Waals surface area contributed by atoms with Gasteiger partial charge in [-0.05, 0) is 67.5 Å². The van der Waals surface area contributed by atoms with Gasteiger partial charge in [-0.2, -0.15) is 13.2 Å². The van der Waals surface area contributed by atoms with E-state index in [9.17, 15) is 13.2 Å². The minimum Gasteiger partial charge on any atom is -0.332 e. The summed E-state index contributed by atoms with van der Waals surface area (Å²) in [5.41, 5.74) is 2.19. The van der Waals surface area contributed by atoms with Crippen LogP contribution in [0.2, 0.25) is 5.02 Å². The Morgan fingerprint density at radius 3 is 2.09 bits per heavy atom. The molecule has 0 amide bonds. The van der Waals surface area contributed by atoms with Crippen molar-refractivity contribution in [3.05, 3.63) is 58.1 Å². The van der Waals surface area contributed by atoms with E-state index in [-0.39, 0.29) is 15.8 Å². The average molecular weight is 359 g/mol. The Morgan fingerprint density at radius 2 is 1.52 bits per heavy atom. The number of thiocarbonyl (C=S) groups is 1. The standard InChI is InChI=1S/C16H14ClF3N2S/c1-9-5-10(2)7-12(6-9)22-15(23)21-11-3-4-14(17)13(8-11)16(18,19)20/h3-8H,1-2H3,(H2,21,22,23). The lowest BCUT2D eigenvalue weighted by molar-refractivity contribution is -0.137. The lowest BCUT2D eigenvalue weighted by Gasteiger charge is -2.14. The highest BCUT2D eigenvalue weighted by atomic mass is 35.5.